The summed E-state index contributed by atoms with van der Waals surface area (Å²) < 4.78 is 25.7. The van der Waals surface area contributed by atoms with Crippen molar-refractivity contribution in [1.29, 1.82) is 0 Å². The van der Waals surface area contributed by atoms with Crippen LogP contribution in [-0.4, -0.2) is 15.9 Å². The van der Waals surface area contributed by atoms with E-state index >= 15 is 0 Å². The standard InChI is InChI=1S/C20H26NO3PS/c1-15(2)18-21-19(20(3,4)26-18)25(22,23-16-11-7-5-8-12-16)24-17-13-9-6-10-14-17/h5-15,18-19,21H,1-4H3. The van der Waals surface area contributed by atoms with Gasteiger partial charge in [-0.05, 0) is 44.0 Å². The molecule has 0 spiro atoms. The maximum absolute atomic E-state index is 14.0. The zero-order valence-electron chi connectivity index (χ0n) is 15.6. The highest BCUT2D eigenvalue weighted by molar-refractivity contribution is 8.01. The Labute approximate surface area is 160 Å². The van der Waals surface area contributed by atoms with Crippen LogP contribution in [0.5, 0.6) is 11.5 Å². The fraction of sp³-hybridized carbons (Fsp3) is 0.400. The van der Waals surface area contributed by atoms with Crippen molar-refractivity contribution in [3.05, 3.63) is 60.7 Å². The van der Waals surface area contributed by atoms with E-state index in [-0.39, 0.29) is 10.1 Å². The summed E-state index contributed by atoms with van der Waals surface area (Å²) in [6.45, 7) is 8.49. The Kier molecular flexibility index (Phi) is 5.71. The van der Waals surface area contributed by atoms with Gasteiger partial charge in [0.05, 0.1) is 5.37 Å². The second-order valence-corrected chi connectivity index (χ2v) is 11.1. The first-order chi connectivity index (χ1) is 12.3. The van der Waals surface area contributed by atoms with Crippen LogP contribution < -0.4 is 14.4 Å². The monoisotopic (exact) mass is 391 g/mol. The van der Waals surface area contributed by atoms with E-state index in [9.17, 15) is 4.57 Å². The highest BCUT2D eigenvalue weighted by Gasteiger charge is 2.55. The lowest BCUT2D eigenvalue weighted by Crippen LogP contribution is -2.41. The van der Waals surface area contributed by atoms with Gasteiger partial charge in [0.2, 0.25) is 0 Å². The van der Waals surface area contributed by atoms with Crippen LogP contribution in [-0.2, 0) is 4.57 Å². The van der Waals surface area contributed by atoms with E-state index < -0.39 is 13.4 Å². The zero-order chi connectivity index (χ0) is 18.8. The molecule has 2 atom stereocenters. The predicted octanol–water partition coefficient (Wildman–Crippen LogP) is 5.76. The lowest BCUT2D eigenvalue weighted by atomic mass is 10.2. The Bertz CT molecular complexity index is 722. The Hall–Kier alpha value is -1.42. The summed E-state index contributed by atoms with van der Waals surface area (Å²) in [6, 6.07) is 18.5. The Balaban J connectivity index is 1.96. The zero-order valence-corrected chi connectivity index (χ0v) is 17.3. The van der Waals surface area contributed by atoms with E-state index in [1.165, 1.54) is 0 Å². The van der Waals surface area contributed by atoms with Crippen molar-refractivity contribution >= 4 is 19.4 Å². The fourth-order valence-electron chi connectivity index (χ4n) is 2.96. The Morgan fingerprint density at radius 2 is 1.42 bits per heavy atom. The molecule has 4 nitrogen and oxygen atoms in total. The van der Waals surface area contributed by atoms with E-state index in [4.69, 9.17) is 9.05 Å². The highest BCUT2D eigenvalue weighted by atomic mass is 32.2. The van der Waals surface area contributed by atoms with Crippen molar-refractivity contribution in [3.8, 4) is 11.5 Å². The van der Waals surface area contributed by atoms with Gasteiger partial charge in [-0.3, -0.25) is 5.32 Å². The van der Waals surface area contributed by atoms with Crippen molar-refractivity contribution in [2.45, 2.75) is 43.6 Å². The van der Waals surface area contributed by atoms with Gasteiger partial charge < -0.3 is 9.05 Å². The molecule has 6 heteroatoms. The molecular formula is C20H26NO3PS. The average Bonchev–Trinajstić information content (AvgIpc) is 2.93. The number of para-hydroxylation sites is 2. The SMILES string of the molecule is CC(C)C1NC(P(=O)(Oc2ccccc2)Oc2ccccc2)C(C)(C)S1. The van der Waals surface area contributed by atoms with Gasteiger partial charge in [0.1, 0.15) is 17.3 Å². The van der Waals surface area contributed by atoms with Gasteiger partial charge in [0, 0.05) is 4.75 Å². The second kappa shape index (κ2) is 7.67. The molecule has 0 aromatic heterocycles. The molecule has 26 heavy (non-hydrogen) atoms. The molecule has 140 valence electrons. The molecule has 2 unspecified atom stereocenters. The summed E-state index contributed by atoms with van der Waals surface area (Å²) in [5.74, 6) is 1.07. The minimum atomic E-state index is -3.54. The molecule has 1 fully saturated rings. The first kappa shape index (κ1) is 19.3. The smallest absolute Gasteiger partial charge is 0.415 e. The van der Waals surface area contributed by atoms with Crippen molar-refractivity contribution < 1.29 is 13.6 Å². The largest absolute Gasteiger partial charge is 0.449 e. The van der Waals surface area contributed by atoms with Gasteiger partial charge >= 0.3 is 7.60 Å². The van der Waals surface area contributed by atoms with Crippen LogP contribution in [0.1, 0.15) is 27.7 Å². The maximum Gasteiger partial charge on any atom is 0.449 e. The first-order valence-electron chi connectivity index (χ1n) is 8.83. The molecule has 0 bridgehead atoms. The first-order valence-corrected chi connectivity index (χ1v) is 11.3. The molecule has 3 rings (SSSR count). The molecule has 0 aliphatic carbocycles. The van der Waals surface area contributed by atoms with Gasteiger partial charge in [-0.2, -0.15) is 0 Å². The molecule has 2 aromatic carbocycles. The van der Waals surface area contributed by atoms with E-state index in [1.54, 1.807) is 36.0 Å². The molecule has 0 saturated carbocycles. The van der Waals surface area contributed by atoms with Crippen LogP contribution >= 0.6 is 19.4 Å². The summed E-state index contributed by atoms with van der Waals surface area (Å²) in [7, 11) is -3.54. The molecule has 0 radical (unpaired) electrons. The van der Waals surface area contributed by atoms with Gasteiger partial charge in [0.15, 0.2) is 0 Å². The van der Waals surface area contributed by atoms with Crippen molar-refractivity contribution in [1.82, 2.24) is 5.32 Å². The number of thioether (sulfide) groups is 1. The van der Waals surface area contributed by atoms with E-state index in [2.05, 4.69) is 33.0 Å². The third kappa shape index (κ3) is 4.28. The summed E-state index contributed by atoms with van der Waals surface area (Å²) in [6.07, 6.45) is 0. The third-order valence-electron chi connectivity index (χ3n) is 4.28. The van der Waals surface area contributed by atoms with Crippen LogP contribution in [0.15, 0.2) is 60.7 Å². The van der Waals surface area contributed by atoms with E-state index in [0.717, 1.165) is 0 Å². The molecular weight excluding hydrogens is 365 g/mol. The van der Waals surface area contributed by atoms with Crippen LogP contribution in [0.25, 0.3) is 0 Å². The van der Waals surface area contributed by atoms with Gasteiger partial charge in [-0.1, -0.05) is 50.2 Å². The quantitative estimate of drug-likeness (QED) is 0.634. The van der Waals surface area contributed by atoms with Crippen molar-refractivity contribution in [2.24, 2.45) is 5.92 Å². The van der Waals surface area contributed by atoms with Crippen LogP contribution in [0.4, 0.5) is 0 Å². The number of rotatable bonds is 6. The minimum Gasteiger partial charge on any atom is -0.415 e. The summed E-state index contributed by atoms with van der Waals surface area (Å²) in [4.78, 5) is 0. The summed E-state index contributed by atoms with van der Waals surface area (Å²) in [5.41, 5.74) is 0. The molecule has 1 heterocycles. The number of hydrogen-bond donors (Lipinski definition) is 1. The maximum atomic E-state index is 14.0. The highest BCUT2D eigenvalue weighted by Crippen LogP contribution is 2.60. The Morgan fingerprint density at radius 1 is 0.962 bits per heavy atom. The van der Waals surface area contributed by atoms with Gasteiger partial charge in [0.25, 0.3) is 0 Å². The van der Waals surface area contributed by atoms with Crippen molar-refractivity contribution in [3.63, 3.8) is 0 Å². The van der Waals surface area contributed by atoms with E-state index in [0.29, 0.717) is 17.4 Å². The molecule has 1 saturated heterocycles. The summed E-state index contributed by atoms with van der Waals surface area (Å²) >= 11 is 1.79. The number of nitrogens with one attached hydrogen (secondary N) is 1. The lowest BCUT2D eigenvalue weighted by molar-refractivity contribution is 0.346. The average molecular weight is 391 g/mol. The van der Waals surface area contributed by atoms with Gasteiger partial charge in [-0.25, -0.2) is 4.57 Å². The molecule has 2 aromatic rings. The summed E-state index contributed by atoms with van der Waals surface area (Å²) in [5, 5.41) is 3.71. The third-order valence-corrected chi connectivity index (χ3v) is 8.59. The van der Waals surface area contributed by atoms with Gasteiger partial charge in [-0.15, -0.1) is 11.8 Å². The number of benzene rings is 2. The normalized spacial score (nSPS) is 22.3. The Morgan fingerprint density at radius 3 is 1.81 bits per heavy atom. The molecule has 1 N–H and O–H groups in total. The topological polar surface area (TPSA) is 47.6 Å². The van der Waals surface area contributed by atoms with Crippen LogP contribution in [0.3, 0.4) is 0 Å². The molecule has 1 aliphatic heterocycles. The predicted molar refractivity (Wildman–Crippen MR) is 109 cm³/mol. The minimum absolute atomic E-state index is 0.196. The van der Waals surface area contributed by atoms with Crippen molar-refractivity contribution in [2.75, 3.05) is 0 Å². The van der Waals surface area contributed by atoms with Crippen LogP contribution in [0.2, 0.25) is 0 Å². The number of hydrogen-bond acceptors (Lipinski definition) is 5. The molecule has 1 aliphatic rings. The van der Waals surface area contributed by atoms with E-state index in [1.807, 2.05) is 36.4 Å². The lowest BCUT2D eigenvalue weighted by Gasteiger charge is -2.31. The van der Waals surface area contributed by atoms with Crippen LogP contribution in [0, 0.1) is 5.92 Å². The molecule has 0 amide bonds. The second-order valence-electron chi connectivity index (χ2n) is 7.30. The fourth-order valence-corrected chi connectivity index (χ4v) is 7.15.